The van der Waals surface area contributed by atoms with Crippen LogP contribution in [0, 0.1) is 11.8 Å². The largest absolute Gasteiger partial charge is 0.481 e. The van der Waals surface area contributed by atoms with Crippen LogP contribution in [0.1, 0.15) is 13.8 Å². The van der Waals surface area contributed by atoms with Gasteiger partial charge in [0, 0.05) is 5.92 Å². The van der Waals surface area contributed by atoms with Crippen LogP contribution in [-0.4, -0.2) is 31.7 Å². The number of hydrogen-bond acceptors (Lipinski definition) is 4. The standard InChI is InChI=1S/C13H18N2O5S/c1-8(9(2)13(17)18)12(16)14-10-6-4-5-7-11(10)15-21(3,19)20/h4-9,15H,1-3H3,(H,14,16)(H,17,18). The van der Waals surface area contributed by atoms with E-state index in [2.05, 4.69) is 10.0 Å². The predicted octanol–water partition coefficient (Wildman–Crippen LogP) is 1.35. The molecule has 1 aromatic carbocycles. The first-order valence-corrected chi connectivity index (χ1v) is 8.11. The summed E-state index contributed by atoms with van der Waals surface area (Å²) in [6, 6.07) is 6.28. The van der Waals surface area contributed by atoms with Gasteiger partial charge in [0.2, 0.25) is 15.9 Å². The van der Waals surface area contributed by atoms with Crippen LogP contribution in [0.25, 0.3) is 0 Å². The van der Waals surface area contributed by atoms with Crippen molar-refractivity contribution in [3.05, 3.63) is 24.3 Å². The molecule has 0 bridgehead atoms. The first-order chi connectivity index (χ1) is 9.61. The molecule has 1 rings (SSSR count). The summed E-state index contributed by atoms with van der Waals surface area (Å²) in [6.07, 6.45) is 1.00. The van der Waals surface area contributed by atoms with Gasteiger partial charge < -0.3 is 10.4 Å². The Kier molecular flexibility index (Phi) is 5.31. The molecule has 0 fully saturated rings. The molecule has 2 atom stereocenters. The van der Waals surface area contributed by atoms with Crippen LogP contribution in [0.5, 0.6) is 0 Å². The van der Waals surface area contributed by atoms with Gasteiger partial charge in [0.1, 0.15) is 0 Å². The van der Waals surface area contributed by atoms with Crippen molar-refractivity contribution >= 4 is 33.3 Å². The minimum atomic E-state index is -3.48. The highest BCUT2D eigenvalue weighted by molar-refractivity contribution is 7.92. The van der Waals surface area contributed by atoms with Crippen molar-refractivity contribution in [3.63, 3.8) is 0 Å². The van der Waals surface area contributed by atoms with Gasteiger partial charge in [-0.3, -0.25) is 14.3 Å². The van der Waals surface area contributed by atoms with E-state index >= 15 is 0 Å². The minimum absolute atomic E-state index is 0.225. The maximum Gasteiger partial charge on any atom is 0.307 e. The summed E-state index contributed by atoms with van der Waals surface area (Å²) >= 11 is 0. The second-order valence-corrected chi connectivity index (χ2v) is 6.57. The van der Waals surface area contributed by atoms with E-state index in [1.165, 1.54) is 26.0 Å². The van der Waals surface area contributed by atoms with Crippen LogP contribution in [0.15, 0.2) is 24.3 Å². The second kappa shape index (κ2) is 6.57. The van der Waals surface area contributed by atoms with Gasteiger partial charge >= 0.3 is 5.97 Å². The first kappa shape index (κ1) is 17.0. The summed E-state index contributed by atoms with van der Waals surface area (Å²) in [4.78, 5) is 22.9. The zero-order valence-corrected chi connectivity index (χ0v) is 12.8. The van der Waals surface area contributed by atoms with Gasteiger partial charge in [-0.15, -0.1) is 0 Å². The van der Waals surface area contributed by atoms with E-state index in [9.17, 15) is 18.0 Å². The quantitative estimate of drug-likeness (QED) is 0.733. The summed E-state index contributed by atoms with van der Waals surface area (Å²) in [7, 11) is -3.48. The van der Waals surface area contributed by atoms with Crippen LogP contribution in [0.2, 0.25) is 0 Å². The zero-order chi connectivity index (χ0) is 16.2. The Morgan fingerprint density at radius 3 is 2.10 bits per heavy atom. The van der Waals surface area contributed by atoms with E-state index in [0.717, 1.165) is 6.26 Å². The van der Waals surface area contributed by atoms with Gasteiger partial charge in [0.15, 0.2) is 0 Å². The summed E-state index contributed by atoms with van der Waals surface area (Å²) in [5, 5.41) is 11.4. The third kappa shape index (κ3) is 5.07. The first-order valence-electron chi connectivity index (χ1n) is 6.22. The molecule has 0 aliphatic rings. The van der Waals surface area contributed by atoms with Crippen LogP contribution >= 0.6 is 0 Å². The molecule has 3 N–H and O–H groups in total. The van der Waals surface area contributed by atoms with Crippen molar-refractivity contribution in [1.82, 2.24) is 0 Å². The molecule has 1 aromatic rings. The monoisotopic (exact) mass is 314 g/mol. The molecule has 7 nitrogen and oxygen atoms in total. The maximum atomic E-state index is 12.0. The molecule has 2 unspecified atom stereocenters. The Labute approximate surface area is 123 Å². The van der Waals surface area contributed by atoms with Gasteiger partial charge in [-0.05, 0) is 12.1 Å². The maximum absolute atomic E-state index is 12.0. The number of para-hydroxylation sites is 2. The summed E-state index contributed by atoms with van der Waals surface area (Å²) in [5.41, 5.74) is 0.501. The van der Waals surface area contributed by atoms with Crippen LogP contribution < -0.4 is 10.0 Å². The fourth-order valence-electron chi connectivity index (χ4n) is 1.57. The van der Waals surface area contributed by atoms with Crippen LogP contribution in [0.4, 0.5) is 11.4 Å². The molecule has 0 aliphatic carbocycles. The van der Waals surface area contributed by atoms with Gasteiger partial charge in [-0.2, -0.15) is 0 Å². The highest BCUT2D eigenvalue weighted by Gasteiger charge is 2.26. The van der Waals surface area contributed by atoms with E-state index in [1.807, 2.05) is 0 Å². The number of aliphatic carboxylic acids is 1. The molecule has 0 heterocycles. The molecule has 116 valence electrons. The van der Waals surface area contributed by atoms with Crippen molar-refractivity contribution in [3.8, 4) is 0 Å². The lowest BCUT2D eigenvalue weighted by molar-refractivity contribution is -0.145. The number of anilines is 2. The smallest absolute Gasteiger partial charge is 0.307 e. The number of rotatable bonds is 6. The minimum Gasteiger partial charge on any atom is -0.481 e. The molecular formula is C13H18N2O5S. The van der Waals surface area contributed by atoms with E-state index in [1.54, 1.807) is 12.1 Å². The number of amides is 1. The summed E-state index contributed by atoms with van der Waals surface area (Å²) in [6.45, 7) is 2.94. The topological polar surface area (TPSA) is 113 Å². The summed E-state index contributed by atoms with van der Waals surface area (Å²) in [5.74, 6) is -3.17. The Bertz CT molecular complexity index is 642. The van der Waals surface area contributed by atoms with E-state index in [-0.39, 0.29) is 11.4 Å². The van der Waals surface area contributed by atoms with Gasteiger partial charge in [-0.1, -0.05) is 26.0 Å². The van der Waals surface area contributed by atoms with Crippen LogP contribution in [0.3, 0.4) is 0 Å². The number of nitrogens with one attached hydrogen (secondary N) is 2. The third-order valence-electron chi connectivity index (χ3n) is 3.03. The molecular weight excluding hydrogens is 296 g/mol. The van der Waals surface area contributed by atoms with Gasteiger partial charge in [-0.25, -0.2) is 8.42 Å². The molecule has 0 spiro atoms. The number of sulfonamides is 1. The number of carbonyl (C=O) groups is 2. The van der Waals surface area contributed by atoms with Crippen LogP contribution in [-0.2, 0) is 19.6 Å². The number of hydrogen-bond donors (Lipinski definition) is 3. The zero-order valence-electron chi connectivity index (χ0n) is 12.0. The molecule has 0 radical (unpaired) electrons. The molecule has 21 heavy (non-hydrogen) atoms. The van der Waals surface area contributed by atoms with E-state index < -0.39 is 33.7 Å². The predicted molar refractivity (Wildman–Crippen MR) is 79.5 cm³/mol. The lowest BCUT2D eigenvalue weighted by atomic mass is 9.95. The molecule has 1 amide bonds. The highest BCUT2D eigenvalue weighted by Crippen LogP contribution is 2.23. The lowest BCUT2D eigenvalue weighted by Gasteiger charge is -2.17. The van der Waals surface area contributed by atoms with E-state index in [4.69, 9.17) is 5.11 Å². The lowest BCUT2D eigenvalue weighted by Crippen LogP contribution is -2.30. The Morgan fingerprint density at radius 1 is 1.10 bits per heavy atom. The molecule has 0 saturated heterocycles. The molecule has 0 aromatic heterocycles. The number of carbonyl (C=O) groups excluding carboxylic acids is 1. The average molecular weight is 314 g/mol. The molecule has 0 aliphatic heterocycles. The normalized spacial score (nSPS) is 14.0. The average Bonchev–Trinajstić information content (AvgIpc) is 2.37. The third-order valence-corrected chi connectivity index (χ3v) is 3.62. The molecule has 0 saturated carbocycles. The van der Waals surface area contributed by atoms with Gasteiger partial charge in [0.25, 0.3) is 0 Å². The summed E-state index contributed by atoms with van der Waals surface area (Å²) < 4.78 is 24.8. The number of benzene rings is 1. The van der Waals surface area contributed by atoms with Crippen molar-refractivity contribution < 1.29 is 23.1 Å². The molecule has 8 heteroatoms. The number of carboxylic acid groups (broad SMARTS) is 1. The van der Waals surface area contributed by atoms with Crippen molar-refractivity contribution in [2.75, 3.05) is 16.3 Å². The Morgan fingerprint density at radius 2 is 1.62 bits per heavy atom. The van der Waals surface area contributed by atoms with Crippen molar-refractivity contribution in [1.29, 1.82) is 0 Å². The highest BCUT2D eigenvalue weighted by atomic mass is 32.2. The van der Waals surface area contributed by atoms with E-state index in [0.29, 0.717) is 0 Å². The SMILES string of the molecule is CC(C(=O)O)C(C)C(=O)Nc1ccccc1NS(C)(=O)=O. The second-order valence-electron chi connectivity index (χ2n) is 4.82. The fourth-order valence-corrected chi connectivity index (χ4v) is 2.15. The van der Waals surface area contributed by atoms with Crippen molar-refractivity contribution in [2.24, 2.45) is 11.8 Å². The number of carboxylic acids is 1. The van der Waals surface area contributed by atoms with Gasteiger partial charge in [0.05, 0.1) is 23.5 Å². The fraction of sp³-hybridized carbons (Fsp3) is 0.385. The Balaban J connectivity index is 2.93. The Hall–Kier alpha value is -2.09. The van der Waals surface area contributed by atoms with Crippen molar-refractivity contribution in [2.45, 2.75) is 13.8 Å².